The highest BCUT2D eigenvalue weighted by molar-refractivity contribution is 5.94. The van der Waals surface area contributed by atoms with Gasteiger partial charge in [-0.15, -0.1) is 0 Å². The second-order valence-electron chi connectivity index (χ2n) is 5.88. The molecule has 1 amide bonds. The number of carbonyl (C=O) groups excluding carboxylic acids is 1. The monoisotopic (exact) mass is 373 g/mol. The van der Waals surface area contributed by atoms with Gasteiger partial charge in [0.2, 0.25) is 0 Å². The van der Waals surface area contributed by atoms with Gasteiger partial charge in [-0.25, -0.2) is 9.82 Å². The molecule has 0 spiro atoms. The summed E-state index contributed by atoms with van der Waals surface area (Å²) >= 11 is 0. The van der Waals surface area contributed by atoms with Crippen LogP contribution >= 0.6 is 0 Å². The van der Waals surface area contributed by atoms with Crippen LogP contribution in [0.15, 0.2) is 77.9 Å². The number of halogens is 1. The molecule has 0 saturated carbocycles. The van der Waals surface area contributed by atoms with E-state index < -0.39 is 11.7 Å². The molecule has 3 rings (SSSR count). The van der Waals surface area contributed by atoms with Crippen LogP contribution in [0.5, 0.6) is 5.75 Å². The van der Waals surface area contributed by atoms with Crippen molar-refractivity contribution in [1.29, 1.82) is 5.26 Å². The van der Waals surface area contributed by atoms with Gasteiger partial charge in [0.05, 0.1) is 17.8 Å². The molecule has 0 aliphatic rings. The first kappa shape index (κ1) is 18.8. The Bertz CT molecular complexity index is 1020. The Morgan fingerprint density at radius 3 is 2.57 bits per heavy atom. The zero-order valence-corrected chi connectivity index (χ0v) is 14.8. The van der Waals surface area contributed by atoms with E-state index in [1.807, 2.05) is 12.1 Å². The van der Waals surface area contributed by atoms with Crippen LogP contribution in [-0.4, -0.2) is 12.1 Å². The number of nitrogens with one attached hydrogen (secondary N) is 1. The Hall–Kier alpha value is -3.98. The number of nitrogens with zero attached hydrogens (tertiary/aromatic N) is 2. The van der Waals surface area contributed by atoms with E-state index in [4.69, 9.17) is 10.00 Å². The van der Waals surface area contributed by atoms with Gasteiger partial charge in [0.15, 0.2) is 0 Å². The molecule has 3 aromatic rings. The molecule has 0 aliphatic heterocycles. The third-order valence-corrected chi connectivity index (χ3v) is 3.83. The van der Waals surface area contributed by atoms with Crippen LogP contribution in [-0.2, 0) is 6.61 Å². The number of rotatable bonds is 6. The molecule has 0 fully saturated rings. The van der Waals surface area contributed by atoms with Gasteiger partial charge in [0, 0.05) is 5.56 Å². The van der Waals surface area contributed by atoms with E-state index in [-0.39, 0.29) is 0 Å². The molecule has 0 atom stereocenters. The molecule has 3 aromatic carbocycles. The molecule has 0 bridgehead atoms. The quantitative estimate of drug-likeness (QED) is 0.523. The third kappa shape index (κ3) is 5.26. The molecule has 0 aromatic heterocycles. The van der Waals surface area contributed by atoms with Gasteiger partial charge in [0.1, 0.15) is 18.2 Å². The summed E-state index contributed by atoms with van der Waals surface area (Å²) in [5.74, 6) is -0.147. The highest BCUT2D eigenvalue weighted by Crippen LogP contribution is 2.14. The summed E-state index contributed by atoms with van der Waals surface area (Å²) in [6, 6.07) is 21.7. The van der Waals surface area contributed by atoms with E-state index in [0.29, 0.717) is 23.5 Å². The smallest absolute Gasteiger partial charge is 0.271 e. The van der Waals surface area contributed by atoms with Crippen LogP contribution in [0.25, 0.3) is 0 Å². The van der Waals surface area contributed by atoms with Crippen molar-refractivity contribution in [2.75, 3.05) is 0 Å². The second kappa shape index (κ2) is 9.10. The van der Waals surface area contributed by atoms with E-state index >= 15 is 0 Å². The summed E-state index contributed by atoms with van der Waals surface area (Å²) in [6.07, 6.45) is 1.50. The molecular formula is C22H16FN3O2. The number of hydrazone groups is 1. The van der Waals surface area contributed by atoms with Crippen molar-refractivity contribution in [3.05, 3.63) is 101 Å². The fraction of sp³-hybridized carbons (Fsp3) is 0.0455. The van der Waals surface area contributed by atoms with Gasteiger partial charge >= 0.3 is 0 Å². The summed E-state index contributed by atoms with van der Waals surface area (Å²) in [7, 11) is 0. The number of benzene rings is 3. The lowest BCUT2D eigenvalue weighted by Crippen LogP contribution is -2.17. The highest BCUT2D eigenvalue weighted by atomic mass is 19.1. The Morgan fingerprint density at radius 2 is 1.86 bits per heavy atom. The Balaban J connectivity index is 1.52. The summed E-state index contributed by atoms with van der Waals surface area (Å²) in [5.41, 5.74) is 4.99. The first-order valence-corrected chi connectivity index (χ1v) is 8.45. The van der Waals surface area contributed by atoms with Crippen molar-refractivity contribution in [2.24, 2.45) is 5.10 Å². The number of hydrogen-bond donors (Lipinski definition) is 1. The van der Waals surface area contributed by atoms with Crippen molar-refractivity contribution in [3.63, 3.8) is 0 Å². The standard InChI is InChI=1S/C22H16FN3O2/c23-20-8-6-19(7-9-20)22(27)26-25-14-16-4-10-21(11-5-16)28-15-18-3-1-2-17(12-18)13-24/h1-12,14H,15H2,(H,26,27)/b25-14-. The first-order chi connectivity index (χ1) is 13.6. The number of ether oxygens (including phenoxy) is 1. The van der Waals surface area contributed by atoms with Crippen molar-refractivity contribution in [1.82, 2.24) is 5.43 Å². The molecule has 5 nitrogen and oxygen atoms in total. The number of amides is 1. The topological polar surface area (TPSA) is 74.5 Å². The molecule has 0 saturated heterocycles. The van der Waals surface area contributed by atoms with E-state index in [0.717, 1.165) is 11.1 Å². The van der Waals surface area contributed by atoms with Crippen molar-refractivity contribution in [2.45, 2.75) is 6.61 Å². The molecule has 138 valence electrons. The van der Waals surface area contributed by atoms with E-state index in [1.165, 1.54) is 30.5 Å². The van der Waals surface area contributed by atoms with E-state index in [1.54, 1.807) is 36.4 Å². The first-order valence-electron chi connectivity index (χ1n) is 8.45. The maximum atomic E-state index is 12.9. The number of carbonyl (C=O) groups is 1. The molecule has 0 unspecified atom stereocenters. The van der Waals surface area contributed by atoms with Gasteiger partial charge in [0.25, 0.3) is 5.91 Å². The van der Waals surface area contributed by atoms with Gasteiger partial charge in [-0.3, -0.25) is 4.79 Å². The highest BCUT2D eigenvalue weighted by Gasteiger charge is 2.03. The van der Waals surface area contributed by atoms with Crippen LogP contribution in [0, 0.1) is 17.1 Å². The summed E-state index contributed by atoms with van der Waals surface area (Å²) in [5, 5.41) is 12.8. The molecule has 6 heteroatoms. The lowest BCUT2D eigenvalue weighted by atomic mass is 10.1. The molecule has 28 heavy (non-hydrogen) atoms. The predicted octanol–water partition coefficient (Wildman–Crippen LogP) is 4.04. The third-order valence-electron chi connectivity index (χ3n) is 3.83. The van der Waals surface area contributed by atoms with Gasteiger partial charge in [-0.2, -0.15) is 10.4 Å². The number of nitriles is 1. The zero-order valence-electron chi connectivity index (χ0n) is 14.8. The molecular weight excluding hydrogens is 357 g/mol. The van der Waals surface area contributed by atoms with E-state index in [2.05, 4.69) is 16.6 Å². The Morgan fingerprint density at radius 1 is 1.11 bits per heavy atom. The Kier molecular flexibility index (Phi) is 6.11. The van der Waals surface area contributed by atoms with Crippen LogP contribution in [0.3, 0.4) is 0 Å². The maximum absolute atomic E-state index is 12.9. The summed E-state index contributed by atoms with van der Waals surface area (Å²) in [6.45, 7) is 0.358. The zero-order chi connectivity index (χ0) is 19.8. The van der Waals surface area contributed by atoms with Crippen LogP contribution < -0.4 is 10.2 Å². The van der Waals surface area contributed by atoms with Crippen LogP contribution in [0.4, 0.5) is 4.39 Å². The maximum Gasteiger partial charge on any atom is 0.271 e. The lowest BCUT2D eigenvalue weighted by Gasteiger charge is -2.06. The lowest BCUT2D eigenvalue weighted by molar-refractivity contribution is 0.0955. The normalized spacial score (nSPS) is 10.4. The predicted molar refractivity (Wildman–Crippen MR) is 103 cm³/mol. The van der Waals surface area contributed by atoms with Crippen LogP contribution in [0.2, 0.25) is 0 Å². The minimum atomic E-state index is -0.421. The molecule has 0 heterocycles. The van der Waals surface area contributed by atoms with Crippen LogP contribution in [0.1, 0.15) is 27.0 Å². The van der Waals surface area contributed by atoms with Gasteiger partial charge in [-0.1, -0.05) is 12.1 Å². The molecule has 0 radical (unpaired) electrons. The average molecular weight is 373 g/mol. The van der Waals surface area contributed by atoms with Crippen molar-refractivity contribution in [3.8, 4) is 11.8 Å². The minimum Gasteiger partial charge on any atom is -0.489 e. The van der Waals surface area contributed by atoms with Gasteiger partial charge in [-0.05, 0) is 71.8 Å². The second-order valence-corrected chi connectivity index (χ2v) is 5.88. The fourth-order valence-corrected chi connectivity index (χ4v) is 2.38. The summed E-state index contributed by atoms with van der Waals surface area (Å²) in [4.78, 5) is 11.9. The van der Waals surface area contributed by atoms with Crippen molar-refractivity contribution < 1.29 is 13.9 Å². The van der Waals surface area contributed by atoms with Gasteiger partial charge < -0.3 is 4.74 Å². The Labute approximate surface area is 161 Å². The largest absolute Gasteiger partial charge is 0.489 e. The average Bonchev–Trinajstić information content (AvgIpc) is 2.73. The fourth-order valence-electron chi connectivity index (χ4n) is 2.38. The molecule has 1 N–H and O–H groups in total. The SMILES string of the molecule is N#Cc1cccc(COc2ccc(/C=N\NC(=O)c3ccc(F)cc3)cc2)c1. The van der Waals surface area contributed by atoms with Crippen molar-refractivity contribution >= 4 is 12.1 Å². The number of hydrogen-bond acceptors (Lipinski definition) is 4. The van der Waals surface area contributed by atoms with E-state index in [9.17, 15) is 9.18 Å². The summed E-state index contributed by atoms with van der Waals surface area (Å²) < 4.78 is 18.6. The molecule has 0 aliphatic carbocycles. The minimum absolute atomic E-state index is 0.322.